The van der Waals surface area contributed by atoms with Crippen LogP contribution in [0.2, 0.25) is 0 Å². The SMILES string of the molecule is CCCC1CN(CCC(C)C(=O)O)C1. The van der Waals surface area contributed by atoms with Gasteiger partial charge in [0.15, 0.2) is 0 Å². The molecule has 1 unspecified atom stereocenters. The largest absolute Gasteiger partial charge is 0.481 e. The van der Waals surface area contributed by atoms with Crippen LogP contribution in [0.4, 0.5) is 0 Å². The maximum absolute atomic E-state index is 10.6. The molecule has 1 fully saturated rings. The van der Waals surface area contributed by atoms with Crippen LogP contribution in [0.1, 0.15) is 33.1 Å². The van der Waals surface area contributed by atoms with Crippen LogP contribution < -0.4 is 0 Å². The van der Waals surface area contributed by atoms with E-state index in [2.05, 4.69) is 11.8 Å². The lowest BCUT2D eigenvalue weighted by molar-refractivity contribution is -0.141. The molecule has 82 valence electrons. The van der Waals surface area contributed by atoms with E-state index in [1.54, 1.807) is 6.92 Å². The van der Waals surface area contributed by atoms with E-state index in [9.17, 15) is 4.79 Å². The number of hydrogen-bond donors (Lipinski definition) is 1. The quantitative estimate of drug-likeness (QED) is 0.709. The number of likely N-dealkylation sites (tertiary alicyclic amines) is 1. The highest BCUT2D eigenvalue weighted by molar-refractivity contribution is 5.69. The van der Waals surface area contributed by atoms with Crippen molar-refractivity contribution in [1.29, 1.82) is 0 Å². The second-order valence-electron chi connectivity index (χ2n) is 4.44. The molecule has 14 heavy (non-hydrogen) atoms. The molecule has 0 aromatic rings. The van der Waals surface area contributed by atoms with Gasteiger partial charge in [0.05, 0.1) is 5.92 Å². The Labute approximate surface area is 86.1 Å². The number of carboxylic acids is 1. The molecule has 1 aliphatic rings. The molecule has 1 heterocycles. The first kappa shape index (κ1) is 11.5. The maximum atomic E-state index is 10.6. The summed E-state index contributed by atoms with van der Waals surface area (Å²) in [6.45, 7) is 7.31. The minimum atomic E-state index is -0.671. The second-order valence-corrected chi connectivity index (χ2v) is 4.44. The zero-order chi connectivity index (χ0) is 10.6. The van der Waals surface area contributed by atoms with E-state index in [1.807, 2.05) is 0 Å². The van der Waals surface area contributed by atoms with Crippen LogP contribution in [0.15, 0.2) is 0 Å². The Bertz CT molecular complexity index is 188. The molecule has 0 radical (unpaired) electrons. The van der Waals surface area contributed by atoms with Crippen LogP contribution in [0.3, 0.4) is 0 Å². The average Bonchev–Trinajstić information content (AvgIpc) is 2.08. The molecule has 0 spiro atoms. The molecule has 1 rings (SSSR count). The first-order valence-electron chi connectivity index (χ1n) is 5.58. The van der Waals surface area contributed by atoms with Crippen LogP contribution in [0.25, 0.3) is 0 Å². The monoisotopic (exact) mass is 199 g/mol. The zero-order valence-corrected chi connectivity index (χ0v) is 9.20. The normalized spacial score (nSPS) is 20.4. The summed E-state index contributed by atoms with van der Waals surface area (Å²) in [7, 11) is 0. The topological polar surface area (TPSA) is 40.5 Å². The van der Waals surface area contributed by atoms with Crippen LogP contribution in [-0.4, -0.2) is 35.6 Å². The fourth-order valence-corrected chi connectivity index (χ4v) is 1.95. The highest BCUT2D eigenvalue weighted by Crippen LogP contribution is 2.21. The number of carboxylic acid groups (broad SMARTS) is 1. The summed E-state index contributed by atoms with van der Waals surface area (Å²) >= 11 is 0. The molecular weight excluding hydrogens is 178 g/mol. The Morgan fingerprint density at radius 1 is 1.57 bits per heavy atom. The van der Waals surface area contributed by atoms with Crippen LogP contribution in [-0.2, 0) is 4.79 Å². The van der Waals surface area contributed by atoms with Gasteiger partial charge in [-0.05, 0) is 25.3 Å². The summed E-state index contributed by atoms with van der Waals surface area (Å²) in [5, 5.41) is 8.70. The van der Waals surface area contributed by atoms with Gasteiger partial charge < -0.3 is 10.0 Å². The van der Waals surface area contributed by atoms with Crippen molar-refractivity contribution in [3.05, 3.63) is 0 Å². The predicted molar refractivity (Wildman–Crippen MR) is 56.3 cm³/mol. The average molecular weight is 199 g/mol. The third kappa shape index (κ3) is 3.29. The lowest BCUT2D eigenvalue weighted by Gasteiger charge is -2.39. The molecule has 0 amide bonds. The van der Waals surface area contributed by atoms with E-state index >= 15 is 0 Å². The number of aliphatic carboxylic acids is 1. The Morgan fingerprint density at radius 2 is 2.21 bits per heavy atom. The number of carbonyl (C=O) groups is 1. The van der Waals surface area contributed by atoms with Crippen molar-refractivity contribution in [2.24, 2.45) is 11.8 Å². The van der Waals surface area contributed by atoms with E-state index in [0.29, 0.717) is 0 Å². The highest BCUT2D eigenvalue weighted by atomic mass is 16.4. The van der Waals surface area contributed by atoms with E-state index in [1.165, 1.54) is 25.9 Å². The Morgan fingerprint density at radius 3 is 2.71 bits per heavy atom. The molecular formula is C11H21NO2. The Balaban J connectivity index is 2.03. The zero-order valence-electron chi connectivity index (χ0n) is 9.20. The van der Waals surface area contributed by atoms with Gasteiger partial charge >= 0.3 is 5.97 Å². The van der Waals surface area contributed by atoms with Gasteiger partial charge in [-0.25, -0.2) is 0 Å². The van der Waals surface area contributed by atoms with Gasteiger partial charge in [0, 0.05) is 13.1 Å². The summed E-state index contributed by atoms with van der Waals surface area (Å²) in [6.07, 6.45) is 3.38. The maximum Gasteiger partial charge on any atom is 0.306 e. The third-order valence-corrected chi connectivity index (χ3v) is 3.03. The predicted octanol–water partition coefficient (Wildman–Crippen LogP) is 1.83. The highest BCUT2D eigenvalue weighted by Gasteiger charge is 2.25. The van der Waals surface area contributed by atoms with Crippen molar-refractivity contribution < 1.29 is 9.90 Å². The Kier molecular flexibility index (Phi) is 4.39. The van der Waals surface area contributed by atoms with Gasteiger partial charge in [-0.15, -0.1) is 0 Å². The van der Waals surface area contributed by atoms with Crippen LogP contribution >= 0.6 is 0 Å². The van der Waals surface area contributed by atoms with Crippen molar-refractivity contribution in [2.75, 3.05) is 19.6 Å². The first-order valence-corrected chi connectivity index (χ1v) is 5.58. The van der Waals surface area contributed by atoms with E-state index < -0.39 is 5.97 Å². The van der Waals surface area contributed by atoms with Gasteiger partial charge in [0.2, 0.25) is 0 Å². The smallest absolute Gasteiger partial charge is 0.306 e. The second kappa shape index (κ2) is 5.35. The van der Waals surface area contributed by atoms with Crippen LogP contribution in [0.5, 0.6) is 0 Å². The molecule has 0 bridgehead atoms. The summed E-state index contributed by atoms with van der Waals surface area (Å²) in [4.78, 5) is 12.9. The van der Waals surface area contributed by atoms with Gasteiger partial charge in [-0.2, -0.15) is 0 Å². The molecule has 1 saturated heterocycles. The van der Waals surface area contributed by atoms with Gasteiger partial charge in [-0.3, -0.25) is 4.79 Å². The molecule has 0 aliphatic carbocycles. The van der Waals surface area contributed by atoms with Gasteiger partial charge in [0.1, 0.15) is 0 Å². The van der Waals surface area contributed by atoms with E-state index in [4.69, 9.17) is 5.11 Å². The molecule has 1 aliphatic heterocycles. The summed E-state index contributed by atoms with van der Waals surface area (Å²) < 4.78 is 0. The first-order chi connectivity index (χ1) is 6.63. The molecule has 1 atom stereocenters. The Hall–Kier alpha value is -0.570. The molecule has 1 N–H and O–H groups in total. The fraction of sp³-hybridized carbons (Fsp3) is 0.909. The number of nitrogens with zero attached hydrogens (tertiary/aromatic N) is 1. The van der Waals surface area contributed by atoms with Gasteiger partial charge in [-0.1, -0.05) is 20.3 Å². The summed E-state index contributed by atoms with van der Waals surface area (Å²) in [6, 6.07) is 0. The van der Waals surface area contributed by atoms with Crippen LogP contribution in [0, 0.1) is 11.8 Å². The minimum absolute atomic E-state index is 0.194. The van der Waals surface area contributed by atoms with Crippen molar-refractivity contribution in [2.45, 2.75) is 33.1 Å². The molecule has 3 heteroatoms. The van der Waals surface area contributed by atoms with Crippen molar-refractivity contribution >= 4 is 5.97 Å². The fourth-order valence-electron chi connectivity index (χ4n) is 1.95. The van der Waals surface area contributed by atoms with Crippen molar-refractivity contribution in [3.8, 4) is 0 Å². The summed E-state index contributed by atoms with van der Waals surface area (Å²) in [5.74, 6) is 0.0102. The molecule has 0 aromatic heterocycles. The lowest BCUT2D eigenvalue weighted by Crippen LogP contribution is -2.47. The number of hydrogen-bond acceptors (Lipinski definition) is 2. The lowest BCUT2D eigenvalue weighted by atomic mass is 9.94. The number of rotatable bonds is 6. The van der Waals surface area contributed by atoms with Crippen molar-refractivity contribution in [1.82, 2.24) is 4.90 Å². The molecule has 0 saturated carbocycles. The van der Waals surface area contributed by atoms with E-state index in [0.717, 1.165) is 18.9 Å². The minimum Gasteiger partial charge on any atom is -0.481 e. The van der Waals surface area contributed by atoms with Crippen molar-refractivity contribution in [3.63, 3.8) is 0 Å². The standard InChI is InChI=1S/C11H21NO2/c1-3-4-10-7-12(8-10)6-5-9(2)11(13)14/h9-10H,3-8H2,1-2H3,(H,13,14). The molecule has 0 aromatic carbocycles. The summed E-state index contributed by atoms with van der Waals surface area (Å²) in [5.41, 5.74) is 0. The third-order valence-electron chi connectivity index (χ3n) is 3.03. The molecule has 3 nitrogen and oxygen atoms in total. The van der Waals surface area contributed by atoms with E-state index in [-0.39, 0.29) is 5.92 Å². The van der Waals surface area contributed by atoms with Gasteiger partial charge in [0.25, 0.3) is 0 Å².